The van der Waals surface area contributed by atoms with Gasteiger partial charge in [-0.1, -0.05) is 18.2 Å². The van der Waals surface area contributed by atoms with E-state index in [2.05, 4.69) is 15.8 Å². The lowest BCUT2D eigenvalue weighted by Gasteiger charge is -2.27. The fourth-order valence-corrected chi connectivity index (χ4v) is 4.15. The van der Waals surface area contributed by atoms with Gasteiger partial charge in [-0.3, -0.25) is 4.79 Å². The first-order valence-electron chi connectivity index (χ1n) is 8.41. The molecule has 3 aromatic rings. The highest BCUT2D eigenvalue weighted by molar-refractivity contribution is 7.89. The van der Waals surface area contributed by atoms with Gasteiger partial charge in [-0.2, -0.15) is 0 Å². The molecule has 1 aromatic heterocycles. The highest BCUT2D eigenvalue weighted by Crippen LogP contribution is 2.28. The lowest BCUT2D eigenvalue weighted by atomic mass is 10.0. The third-order valence-corrected chi connectivity index (χ3v) is 6.28. The molecule has 0 saturated carbocycles. The number of carbonyl (C=O) groups is 1. The number of aromatic nitrogens is 1. The summed E-state index contributed by atoms with van der Waals surface area (Å²) in [5.41, 5.74) is 3.93. The number of H-pyrrole nitrogens is 1. The fourth-order valence-electron chi connectivity index (χ4n) is 3.42. The van der Waals surface area contributed by atoms with Gasteiger partial charge in [-0.15, -0.1) is 0 Å². The topological polar surface area (TPSA) is 82.3 Å². The Balaban J connectivity index is 1.60. The number of para-hydroxylation sites is 1. The Labute approximate surface area is 151 Å². The number of aromatic amines is 1. The van der Waals surface area contributed by atoms with Crippen molar-refractivity contribution in [1.29, 1.82) is 0 Å². The minimum absolute atomic E-state index is 0.0886. The summed E-state index contributed by atoms with van der Waals surface area (Å²) >= 11 is 0. The summed E-state index contributed by atoms with van der Waals surface area (Å²) in [7, 11) is -2.14. The molecule has 0 radical (unpaired) electrons. The minimum Gasteiger partial charge on any atom is -0.358 e. The van der Waals surface area contributed by atoms with Crippen LogP contribution in [0.2, 0.25) is 0 Å². The minimum atomic E-state index is -3.50. The van der Waals surface area contributed by atoms with Gasteiger partial charge in [-0.25, -0.2) is 13.1 Å². The normalized spacial score (nSPS) is 14.4. The molecule has 0 saturated heterocycles. The van der Waals surface area contributed by atoms with E-state index >= 15 is 0 Å². The summed E-state index contributed by atoms with van der Waals surface area (Å²) in [6, 6.07) is 14.2. The van der Waals surface area contributed by atoms with Gasteiger partial charge in [0.25, 0.3) is 5.91 Å². The summed E-state index contributed by atoms with van der Waals surface area (Å²) < 4.78 is 25.9. The van der Waals surface area contributed by atoms with Gasteiger partial charge in [-0.05, 0) is 37.4 Å². The maximum atomic E-state index is 12.8. The number of nitrogens with one attached hydrogen (secondary N) is 2. The molecular formula is C19H19N3O3S. The Kier molecular flexibility index (Phi) is 4.05. The molecule has 134 valence electrons. The van der Waals surface area contributed by atoms with Crippen molar-refractivity contribution >= 4 is 26.8 Å². The number of carbonyl (C=O) groups excluding carboxylic acids is 1. The molecule has 0 aliphatic carbocycles. The summed E-state index contributed by atoms with van der Waals surface area (Å²) in [5.74, 6) is -0.0886. The van der Waals surface area contributed by atoms with Gasteiger partial charge in [0, 0.05) is 47.2 Å². The predicted molar refractivity (Wildman–Crippen MR) is 99.4 cm³/mol. The fraction of sp³-hybridized carbons (Fsp3) is 0.211. The van der Waals surface area contributed by atoms with Gasteiger partial charge in [0.15, 0.2) is 0 Å². The summed E-state index contributed by atoms with van der Waals surface area (Å²) in [5, 5.41) is 1.15. The van der Waals surface area contributed by atoms with Crippen LogP contribution in [0.25, 0.3) is 10.9 Å². The molecule has 1 amide bonds. The van der Waals surface area contributed by atoms with Crippen LogP contribution in [0.1, 0.15) is 21.6 Å². The van der Waals surface area contributed by atoms with E-state index in [9.17, 15) is 13.2 Å². The largest absolute Gasteiger partial charge is 0.358 e. The van der Waals surface area contributed by atoms with E-state index in [1.165, 1.54) is 24.9 Å². The predicted octanol–water partition coefficient (Wildman–Crippen LogP) is 2.27. The third kappa shape index (κ3) is 2.79. The van der Waals surface area contributed by atoms with Gasteiger partial charge in [0.1, 0.15) is 0 Å². The Bertz CT molecular complexity index is 1080. The average Bonchev–Trinajstić information content (AvgIpc) is 3.05. The molecule has 1 aliphatic rings. The third-order valence-electron chi connectivity index (χ3n) is 4.85. The number of rotatable bonds is 3. The Morgan fingerprint density at radius 3 is 2.58 bits per heavy atom. The van der Waals surface area contributed by atoms with Gasteiger partial charge >= 0.3 is 0 Å². The zero-order valence-electron chi connectivity index (χ0n) is 14.3. The van der Waals surface area contributed by atoms with E-state index < -0.39 is 10.0 Å². The molecular weight excluding hydrogens is 350 g/mol. The number of sulfonamides is 1. The highest BCUT2D eigenvalue weighted by Gasteiger charge is 2.25. The van der Waals surface area contributed by atoms with Crippen molar-refractivity contribution in [3.8, 4) is 0 Å². The van der Waals surface area contributed by atoms with Gasteiger partial charge < -0.3 is 9.88 Å². The van der Waals surface area contributed by atoms with Crippen molar-refractivity contribution < 1.29 is 13.2 Å². The lowest BCUT2D eigenvalue weighted by Crippen LogP contribution is -2.35. The summed E-state index contributed by atoms with van der Waals surface area (Å²) in [4.78, 5) is 18.2. The van der Waals surface area contributed by atoms with E-state index in [-0.39, 0.29) is 10.8 Å². The molecule has 0 bridgehead atoms. The van der Waals surface area contributed by atoms with E-state index in [1.54, 1.807) is 12.1 Å². The quantitative estimate of drug-likeness (QED) is 0.743. The standard InChI is InChI=1S/C19H19N3O3S/c1-20-26(24,25)14-8-6-13(7-9-14)19(23)22-11-10-18-16(12-22)15-4-2-3-5-17(15)21-18/h2-9,20-21H,10-12H2,1H3. The molecule has 0 atom stereocenters. The van der Waals surface area contributed by atoms with Gasteiger partial charge in [0.05, 0.1) is 4.90 Å². The molecule has 2 aromatic carbocycles. The Hall–Kier alpha value is -2.64. The second kappa shape index (κ2) is 6.26. The zero-order valence-corrected chi connectivity index (χ0v) is 15.1. The summed E-state index contributed by atoms with van der Waals surface area (Å²) in [6.07, 6.45) is 0.780. The molecule has 2 N–H and O–H groups in total. The molecule has 1 aliphatic heterocycles. The number of hydrogen-bond donors (Lipinski definition) is 2. The van der Waals surface area contributed by atoms with Crippen LogP contribution in [0.3, 0.4) is 0 Å². The molecule has 7 heteroatoms. The lowest BCUT2D eigenvalue weighted by molar-refractivity contribution is 0.0735. The number of benzene rings is 2. The van der Waals surface area contributed by atoms with Crippen LogP contribution in [-0.2, 0) is 23.0 Å². The molecule has 26 heavy (non-hydrogen) atoms. The van der Waals surface area contributed by atoms with Crippen LogP contribution < -0.4 is 4.72 Å². The number of nitrogens with zero attached hydrogens (tertiary/aromatic N) is 1. The van der Waals surface area contributed by atoms with Crippen molar-refractivity contribution in [1.82, 2.24) is 14.6 Å². The smallest absolute Gasteiger partial charge is 0.254 e. The van der Waals surface area contributed by atoms with E-state index in [0.717, 1.165) is 22.9 Å². The van der Waals surface area contributed by atoms with Gasteiger partial charge in [0.2, 0.25) is 10.0 Å². The van der Waals surface area contributed by atoms with E-state index in [4.69, 9.17) is 0 Å². The van der Waals surface area contributed by atoms with Crippen LogP contribution in [0.15, 0.2) is 53.4 Å². The van der Waals surface area contributed by atoms with Crippen LogP contribution in [-0.4, -0.2) is 37.8 Å². The van der Waals surface area contributed by atoms with Crippen molar-refractivity contribution in [2.24, 2.45) is 0 Å². The van der Waals surface area contributed by atoms with E-state index in [0.29, 0.717) is 18.7 Å². The molecule has 4 rings (SSSR count). The van der Waals surface area contributed by atoms with Crippen molar-refractivity contribution in [3.63, 3.8) is 0 Å². The van der Waals surface area contributed by atoms with Crippen LogP contribution in [0, 0.1) is 0 Å². The SMILES string of the molecule is CNS(=O)(=O)c1ccc(C(=O)N2CCc3[nH]c4ccccc4c3C2)cc1. The van der Waals surface area contributed by atoms with Crippen molar-refractivity contribution in [2.45, 2.75) is 17.9 Å². The molecule has 0 fully saturated rings. The van der Waals surface area contributed by atoms with Crippen LogP contribution in [0.5, 0.6) is 0 Å². The van der Waals surface area contributed by atoms with Crippen molar-refractivity contribution in [2.75, 3.05) is 13.6 Å². The molecule has 2 heterocycles. The second-order valence-corrected chi connectivity index (χ2v) is 8.22. The molecule has 6 nitrogen and oxygen atoms in total. The summed E-state index contributed by atoms with van der Waals surface area (Å²) in [6.45, 7) is 1.18. The number of amides is 1. The number of fused-ring (bicyclic) bond motifs is 3. The first-order valence-corrected chi connectivity index (χ1v) is 9.89. The molecule has 0 spiro atoms. The van der Waals surface area contributed by atoms with Crippen molar-refractivity contribution in [3.05, 3.63) is 65.4 Å². The van der Waals surface area contributed by atoms with E-state index in [1.807, 2.05) is 23.1 Å². The maximum Gasteiger partial charge on any atom is 0.254 e. The highest BCUT2D eigenvalue weighted by atomic mass is 32.2. The first kappa shape index (κ1) is 16.8. The van der Waals surface area contributed by atoms with Crippen LogP contribution in [0.4, 0.5) is 0 Å². The maximum absolute atomic E-state index is 12.8. The second-order valence-electron chi connectivity index (χ2n) is 6.34. The first-order chi connectivity index (χ1) is 12.5. The zero-order chi connectivity index (χ0) is 18.3. The number of hydrogen-bond acceptors (Lipinski definition) is 3. The monoisotopic (exact) mass is 369 g/mol. The molecule has 0 unspecified atom stereocenters. The Morgan fingerprint density at radius 1 is 1.12 bits per heavy atom. The average molecular weight is 369 g/mol. The van der Waals surface area contributed by atoms with Crippen LogP contribution >= 0.6 is 0 Å². The Morgan fingerprint density at radius 2 is 1.85 bits per heavy atom.